The van der Waals surface area contributed by atoms with Crippen LogP contribution in [0.4, 0.5) is 0 Å². The quantitative estimate of drug-likeness (QED) is 0.811. The van der Waals surface area contributed by atoms with Crippen LogP contribution < -0.4 is 10.0 Å². The molecule has 1 aromatic carbocycles. The largest absolute Gasteiger partial charge is 0.465 e. The zero-order chi connectivity index (χ0) is 17.9. The van der Waals surface area contributed by atoms with Crippen molar-refractivity contribution in [1.82, 2.24) is 10.0 Å². The zero-order valence-corrected chi connectivity index (χ0v) is 14.6. The predicted molar refractivity (Wildman–Crippen MR) is 90.6 cm³/mol. The van der Waals surface area contributed by atoms with E-state index in [9.17, 15) is 13.2 Å². The lowest BCUT2D eigenvalue weighted by Crippen LogP contribution is -2.35. The van der Waals surface area contributed by atoms with Gasteiger partial charge in [-0.25, -0.2) is 13.1 Å². The van der Waals surface area contributed by atoms with Crippen molar-refractivity contribution in [1.29, 1.82) is 0 Å². The zero-order valence-electron chi connectivity index (χ0n) is 13.8. The smallest absolute Gasteiger partial charge is 0.251 e. The first-order chi connectivity index (χ1) is 11.9. The van der Waals surface area contributed by atoms with Gasteiger partial charge >= 0.3 is 0 Å². The van der Waals surface area contributed by atoms with E-state index >= 15 is 0 Å². The standard InChI is InChI=1S/C17H20N2O5S/c1-12-2-5-15(24-12)10-18-17(20)13-3-6-16(7-4-13)25(21,22)19-14-8-9-23-11-14/h2-7,14,19H,8-11H2,1H3,(H,18,20)/t14-/m0/s1. The second-order valence-electron chi connectivity index (χ2n) is 5.90. The second-order valence-corrected chi connectivity index (χ2v) is 7.62. The third-order valence-electron chi connectivity index (χ3n) is 3.90. The van der Waals surface area contributed by atoms with Gasteiger partial charge in [0, 0.05) is 18.2 Å². The molecular formula is C17H20N2O5S. The number of ether oxygens (including phenoxy) is 1. The van der Waals surface area contributed by atoms with Crippen LogP contribution in [0.3, 0.4) is 0 Å². The first-order valence-corrected chi connectivity index (χ1v) is 9.46. The van der Waals surface area contributed by atoms with Crippen molar-refractivity contribution >= 4 is 15.9 Å². The van der Waals surface area contributed by atoms with Gasteiger partial charge in [-0.05, 0) is 49.7 Å². The molecule has 7 nitrogen and oxygen atoms in total. The molecule has 1 amide bonds. The number of nitrogens with one attached hydrogen (secondary N) is 2. The lowest BCUT2D eigenvalue weighted by molar-refractivity contribution is 0.0947. The van der Waals surface area contributed by atoms with Crippen molar-refractivity contribution in [2.45, 2.75) is 30.8 Å². The molecule has 25 heavy (non-hydrogen) atoms. The Labute approximate surface area is 146 Å². The van der Waals surface area contributed by atoms with Gasteiger partial charge in [0.05, 0.1) is 18.0 Å². The minimum Gasteiger partial charge on any atom is -0.465 e. The number of furan rings is 1. The van der Waals surface area contributed by atoms with Crippen LogP contribution in [0.25, 0.3) is 0 Å². The first-order valence-electron chi connectivity index (χ1n) is 7.98. The summed E-state index contributed by atoms with van der Waals surface area (Å²) in [5.74, 6) is 1.14. The van der Waals surface area contributed by atoms with Crippen LogP contribution in [0.15, 0.2) is 45.7 Å². The summed E-state index contributed by atoms with van der Waals surface area (Å²) in [5, 5.41) is 2.73. The SMILES string of the molecule is Cc1ccc(CNC(=O)c2ccc(S(=O)(=O)N[C@H]3CCOC3)cc2)o1. The van der Waals surface area contributed by atoms with E-state index in [2.05, 4.69) is 10.0 Å². The fourth-order valence-corrected chi connectivity index (χ4v) is 3.81. The van der Waals surface area contributed by atoms with Crippen LogP contribution in [0.5, 0.6) is 0 Å². The number of sulfonamides is 1. The van der Waals surface area contributed by atoms with Crippen LogP contribution in [0, 0.1) is 6.92 Å². The first kappa shape index (κ1) is 17.7. The van der Waals surface area contributed by atoms with E-state index in [-0.39, 0.29) is 23.4 Å². The number of benzene rings is 1. The highest BCUT2D eigenvalue weighted by Crippen LogP contribution is 2.14. The number of rotatable bonds is 6. The Bertz CT molecular complexity index is 836. The van der Waals surface area contributed by atoms with E-state index < -0.39 is 10.0 Å². The Morgan fingerprint density at radius 1 is 1.20 bits per heavy atom. The Morgan fingerprint density at radius 2 is 1.96 bits per heavy atom. The van der Waals surface area contributed by atoms with E-state index in [1.807, 2.05) is 13.0 Å². The monoisotopic (exact) mass is 364 g/mol. The van der Waals surface area contributed by atoms with Crippen LogP contribution in [0.2, 0.25) is 0 Å². The number of hydrogen-bond donors (Lipinski definition) is 2. The third kappa shape index (κ3) is 4.47. The van der Waals surface area contributed by atoms with Gasteiger partial charge in [0.2, 0.25) is 10.0 Å². The van der Waals surface area contributed by atoms with Crippen molar-refractivity contribution in [3.63, 3.8) is 0 Å². The summed E-state index contributed by atoms with van der Waals surface area (Å²) >= 11 is 0. The summed E-state index contributed by atoms with van der Waals surface area (Å²) in [6.07, 6.45) is 0.659. The molecule has 2 aromatic rings. The van der Waals surface area contributed by atoms with Crippen molar-refractivity contribution in [2.75, 3.05) is 13.2 Å². The van der Waals surface area contributed by atoms with Gasteiger partial charge in [-0.2, -0.15) is 0 Å². The topological polar surface area (TPSA) is 97.6 Å². The van der Waals surface area contributed by atoms with Crippen LogP contribution >= 0.6 is 0 Å². The third-order valence-corrected chi connectivity index (χ3v) is 5.43. The molecular weight excluding hydrogens is 344 g/mol. The van der Waals surface area contributed by atoms with Gasteiger partial charge in [-0.1, -0.05) is 0 Å². The average Bonchev–Trinajstić information content (AvgIpc) is 3.24. The summed E-state index contributed by atoms with van der Waals surface area (Å²) in [6.45, 7) is 3.04. The van der Waals surface area contributed by atoms with Crippen LogP contribution in [-0.4, -0.2) is 33.6 Å². The maximum atomic E-state index is 12.3. The van der Waals surface area contributed by atoms with Gasteiger partial charge in [0.15, 0.2) is 0 Å². The highest BCUT2D eigenvalue weighted by molar-refractivity contribution is 7.89. The van der Waals surface area contributed by atoms with Gasteiger partial charge < -0.3 is 14.5 Å². The highest BCUT2D eigenvalue weighted by atomic mass is 32.2. The molecule has 0 saturated carbocycles. The average molecular weight is 364 g/mol. The van der Waals surface area contributed by atoms with Crippen LogP contribution in [-0.2, 0) is 21.3 Å². The molecule has 2 heterocycles. The Morgan fingerprint density at radius 3 is 2.56 bits per heavy atom. The fourth-order valence-electron chi connectivity index (χ4n) is 2.55. The van der Waals surface area contributed by atoms with Crippen molar-refractivity contribution in [3.8, 4) is 0 Å². The number of hydrogen-bond acceptors (Lipinski definition) is 5. The molecule has 3 rings (SSSR count). The second kappa shape index (κ2) is 7.38. The Balaban J connectivity index is 1.61. The van der Waals surface area contributed by atoms with E-state index in [1.165, 1.54) is 24.3 Å². The molecule has 0 spiro atoms. The molecule has 1 aliphatic rings. The molecule has 1 atom stereocenters. The summed E-state index contributed by atoms with van der Waals surface area (Å²) in [4.78, 5) is 12.3. The summed E-state index contributed by atoms with van der Waals surface area (Å²) in [5.41, 5.74) is 0.381. The van der Waals surface area contributed by atoms with Crippen molar-refractivity contribution < 1.29 is 22.4 Å². The molecule has 2 N–H and O–H groups in total. The lowest BCUT2D eigenvalue weighted by Gasteiger charge is -2.11. The minimum atomic E-state index is -3.62. The Kier molecular flexibility index (Phi) is 5.22. The van der Waals surface area contributed by atoms with Crippen molar-refractivity contribution in [3.05, 3.63) is 53.5 Å². The van der Waals surface area contributed by atoms with Crippen molar-refractivity contribution in [2.24, 2.45) is 0 Å². The number of amides is 1. The molecule has 134 valence electrons. The predicted octanol–water partition coefficient (Wildman–Crippen LogP) is 1.59. The maximum Gasteiger partial charge on any atom is 0.251 e. The number of aryl methyl sites for hydroxylation is 1. The maximum absolute atomic E-state index is 12.3. The van der Waals surface area contributed by atoms with Gasteiger partial charge in [0.25, 0.3) is 5.91 Å². The molecule has 8 heteroatoms. The van der Waals surface area contributed by atoms with E-state index in [4.69, 9.17) is 9.15 Å². The summed E-state index contributed by atoms with van der Waals surface area (Å²) in [6, 6.07) is 9.23. The molecule has 1 aliphatic heterocycles. The summed E-state index contributed by atoms with van der Waals surface area (Å²) < 4.78 is 37.8. The molecule has 0 unspecified atom stereocenters. The Hall–Kier alpha value is -2.16. The number of carbonyl (C=O) groups is 1. The highest BCUT2D eigenvalue weighted by Gasteiger charge is 2.23. The van der Waals surface area contributed by atoms with E-state index in [0.29, 0.717) is 31.0 Å². The van der Waals surface area contributed by atoms with E-state index in [0.717, 1.165) is 5.76 Å². The molecule has 0 radical (unpaired) electrons. The van der Waals surface area contributed by atoms with Gasteiger partial charge in [0.1, 0.15) is 11.5 Å². The summed E-state index contributed by atoms with van der Waals surface area (Å²) in [7, 11) is -3.62. The molecule has 0 bridgehead atoms. The fraction of sp³-hybridized carbons (Fsp3) is 0.353. The van der Waals surface area contributed by atoms with Gasteiger partial charge in [-0.15, -0.1) is 0 Å². The molecule has 0 aliphatic carbocycles. The van der Waals surface area contributed by atoms with Gasteiger partial charge in [-0.3, -0.25) is 4.79 Å². The normalized spacial score (nSPS) is 17.6. The van der Waals surface area contributed by atoms with Crippen LogP contribution in [0.1, 0.15) is 28.3 Å². The molecule has 1 aromatic heterocycles. The number of carbonyl (C=O) groups excluding carboxylic acids is 1. The molecule has 1 saturated heterocycles. The molecule has 1 fully saturated rings. The lowest BCUT2D eigenvalue weighted by atomic mass is 10.2. The minimum absolute atomic E-state index is 0.123. The van der Waals surface area contributed by atoms with E-state index in [1.54, 1.807) is 6.07 Å².